The van der Waals surface area contributed by atoms with E-state index < -0.39 is 0 Å². The molecule has 0 bridgehead atoms. The van der Waals surface area contributed by atoms with Crippen LogP contribution in [-0.2, 0) is 32.1 Å². The standard InChI is InChI=1S/C22H32O2.C21H30O2.C21H26O2.C20H28O2.C19H26O2.C17H22O2/c1-6-7-8-9-17-13-20(23)22(21(14-17)24-5)19-12-16(4)10-11-18(19)15(2)3;2*1-5-6-7-8-16-12-19(22)21(20(23)13-16)18-11-15(4)9-10-17(18)14(2)3;1-5-6-7-15-11-18(21)20(19(22)12-15)17-10-14(4)8-9-16(17)13(2)3;1-5-6-14-10-17(20)19(18(21)11-14)16-9-13(4)7-8-15(16)12(2)3;1-10(2)13-6-5-11(3)7-14(13)17-15(18)8-12(4)9-16(17)19/h12-14,18-19,23H,2,6-11H2,1,3-5H3;11-13,17-18,22-23H,2,5-10H2,1,3-4H3;9-13,22-23H,2,5-8H2,1,3-4H3;10-12,16-17,21-22H,2,5-9H2,1,3-4H3;9-11,15-16,20-21H,2,5-8H2,1,3-4H3;7-9,13-14,18-19H,1,5-6H2,2-4H3/t18-,19+;17-,18+;;16-,17+;15-,16+;13-,14+/m00.000/s1. The largest absolute Gasteiger partial charge is 0.507 e. The van der Waals surface area contributed by atoms with Gasteiger partial charge in [0.1, 0.15) is 69.0 Å². The highest BCUT2D eigenvalue weighted by molar-refractivity contribution is 5.86. The van der Waals surface area contributed by atoms with Gasteiger partial charge in [-0.2, -0.15) is 0 Å². The smallest absolute Gasteiger partial charge is 0.127 e. The molecular formula is C120H164O12. The summed E-state index contributed by atoms with van der Waals surface area (Å²) in [6.07, 6.45) is 39.6. The molecule has 0 unspecified atom stereocenters. The lowest BCUT2D eigenvalue weighted by atomic mass is 9.73. The summed E-state index contributed by atoms with van der Waals surface area (Å²) in [6, 6.07) is 27.9. The maximum atomic E-state index is 10.8. The minimum absolute atomic E-state index is 0.0194. The maximum Gasteiger partial charge on any atom is 0.127 e. The minimum atomic E-state index is 0.0194. The highest BCUT2D eigenvalue weighted by Gasteiger charge is 2.36. The van der Waals surface area contributed by atoms with Gasteiger partial charge >= 0.3 is 0 Å². The number of allylic oxidation sites excluding steroid dienone is 16. The van der Waals surface area contributed by atoms with Crippen LogP contribution in [0.2, 0.25) is 0 Å². The van der Waals surface area contributed by atoms with Crippen molar-refractivity contribution in [2.45, 2.75) is 328 Å². The molecule has 0 spiro atoms. The predicted octanol–water partition coefficient (Wildman–Crippen LogP) is 32.8. The third-order valence-corrected chi connectivity index (χ3v) is 27.5. The summed E-state index contributed by atoms with van der Waals surface area (Å²) in [7, 11) is 1.70. The molecule has 0 aliphatic heterocycles. The van der Waals surface area contributed by atoms with Gasteiger partial charge in [0.2, 0.25) is 0 Å². The summed E-state index contributed by atoms with van der Waals surface area (Å²) in [5, 5.41) is 115. The molecule has 0 fully saturated rings. The van der Waals surface area contributed by atoms with Gasteiger partial charge in [-0.25, -0.2) is 0 Å². The van der Waals surface area contributed by atoms with E-state index in [1.165, 1.54) is 59.1 Å². The van der Waals surface area contributed by atoms with E-state index >= 15 is 0 Å². The number of rotatable bonds is 30. The molecule has 7 aromatic carbocycles. The predicted molar refractivity (Wildman–Crippen MR) is 556 cm³/mol. The molecule has 12 nitrogen and oxygen atoms in total. The summed E-state index contributed by atoms with van der Waals surface area (Å²) in [5.41, 5.74) is 26.0. The zero-order chi connectivity index (χ0) is 97.7. The van der Waals surface area contributed by atoms with Crippen LogP contribution in [0.25, 0.3) is 16.7 Å². The van der Waals surface area contributed by atoms with Gasteiger partial charge in [-0.1, -0.05) is 241 Å². The Morgan fingerprint density at radius 2 is 0.538 bits per heavy atom. The Balaban J connectivity index is 0.000000217. The molecule has 132 heavy (non-hydrogen) atoms. The summed E-state index contributed by atoms with van der Waals surface area (Å²) in [4.78, 5) is 0. The van der Waals surface area contributed by atoms with Crippen LogP contribution in [0, 0.1) is 43.4 Å². The molecule has 11 N–H and O–H groups in total. The van der Waals surface area contributed by atoms with E-state index in [0.29, 0.717) is 39.5 Å². The lowest BCUT2D eigenvalue weighted by molar-refractivity contribution is 0.381. The fraction of sp³-hybridized carbons (Fsp3) is 0.467. The molecule has 5 aliphatic rings. The van der Waals surface area contributed by atoms with Crippen molar-refractivity contribution in [1.29, 1.82) is 0 Å². The van der Waals surface area contributed by atoms with Crippen molar-refractivity contribution in [2.75, 3.05) is 7.11 Å². The van der Waals surface area contributed by atoms with Crippen LogP contribution in [0.5, 0.6) is 69.0 Å². The third kappa shape index (κ3) is 30.1. The second-order valence-electron chi connectivity index (χ2n) is 39.3. The van der Waals surface area contributed by atoms with Crippen molar-refractivity contribution < 1.29 is 60.9 Å². The Morgan fingerprint density at radius 3 is 0.803 bits per heavy atom. The molecule has 7 aromatic rings. The van der Waals surface area contributed by atoms with Gasteiger partial charge in [-0.05, 0) is 359 Å². The molecule has 5 aliphatic carbocycles. The summed E-state index contributed by atoms with van der Waals surface area (Å²) >= 11 is 0. The van der Waals surface area contributed by atoms with Gasteiger partial charge in [-0.3, -0.25) is 0 Å². The van der Waals surface area contributed by atoms with E-state index in [-0.39, 0.29) is 111 Å². The van der Waals surface area contributed by atoms with Gasteiger partial charge in [0.25, 0.3) is 0 Å². The molecule has 10 atom stereocenters. The van der Waals surface area contributed by atoms with Crippen LogP contribution >= 0.6 is 0 Å². The van der Waals surface area contributed by atoms with E-state index in [1.54, 1.807) is 43.5 Å². The number of hydrogen-bond acceptors (Lipinski definition) is 12. The second kappa shape index (κ2) is 52.1. The van der Waals surface area contributed by atoms with Crippen molar-refractivity contribution >= 4 is 5.57 Å². The SMILES string of the molecule is C=C(C)[C@@H]1CCC(C)=C[C@H]1c1c(O)cc(C)cc1O.C=C(C)[C@@H]1CCC(C)=C[C@H]1c1c(O)cc(CCC)cc1O.C=C(C)[C@@H]1CCC(C)=C[C@H]1c1c(O)cc(CCCC)cc1O.C=C(C)[C@@H]1CCC(C)=C[C@H]1c1c(O)cc(CCCCC)cc1O.C=C(C)[C@@H]1CCC(C)=C[C@H]1c1c(O)cc(CCCCC)cc1OC.C=C(C)c1ccc(C)cc1-c1c(O)cc(CCCCC)cc1O. The van der Waals surface area contributed by atoms with E-state index in [4.69, 9.17) is 4.74 Å². The van der Waals surface area contributed by atoms with Gasteiger partial charge in [0.05, 0.1) is 12.7 Å². The number of ether oxygens (including phenoxy) is 1. The normalized spacial score (nSPS) is 19.7. The first kappa shape index (κ1) is 108. The fourth-order valence-corrected chi connectivity index (χ4v) is 20.2. The van der Waals surface area contributed by atoms with Crippen LogP contribution in [0.15, 0.2) is 217 Å². The Kier molecular flexibility index (Phi) is 42.7. The van der Waals surface area contributed by atoms with Crippen LogP contribution < -0.4 is 4.74 Å². The zero-order valence-electron chi connectivity index (χ0n) is 84.0. The average Bonchev–Trinajstić information content (AvgIpc) is 0.813. The zero-order valence-corrected chi connectivity index (χ0v) is 84.0. The number of aromatic hydroxyl groups is 11. The number of aryl methyl sites for hydroxylation is 7. The molecule has 12 heteroatoms. The first-order valence-corrected chi connectivity index (χ1v) is 49.1. The molecule has 0 radical (unpaired) electrons. The number of unbranched alkanes of at least 4 members (excludes halogenated alkanes) is 7. The molecule has 12 rings (SSSR count). The number of phenols is 11. The lowest BCUT2D eigenvalue weighted by Gasteiger charge is -2.32. The molecule has 716 valence electrons. The Labute approximate surface area is 795 Å². The number of benzene rings is 7. The molecule has 0 saturated carbocycles. The van der Waals surface area contributed by atoms with Gasteiger partial charge in [-0.15, -0.1) is 0 Å². The van der Waals surface area contributed by atoms with Crippen LogP contribution in [0.3, 0.4) is 0 Å². The highest BCUT2D eigenvalue weighted by Crippen LogP contribution is 2.54. The summed E-state index contributed by atoms with van der Waals surface area (Å²) < 4.78 is 5.67. The van der Waals surface area contributed by atoms with Crippen molar-refractivity contribution in [3.05, 3.63) is 289 Å². The quantitative estimate of drug-likeness (QED) is 0.0149. The Hall–Kier alpha value is -10.7. The molecule has 0 saturated heterocycles. The first-order chi connectivity index (χ1) is 62.6. The van der Waals surface area contributed by atoms with Crippen molar-refractivity contribution in [3.8, 4) is 80.1 Å². The van der Waals surface area contributed by atoms with E-state index in [1.807, 2.05) is 97.0 Å². The fourth-order valence-electron chi connectivity index (χ4n) is 20.2. The topological polar surface area (TPSA) is 232 Å². The van der Waals surface area contributed by atoms with Crippen LogP contribution in [-0.4, -0.2) is 63.3 Å². The molecule has 0 aromatic heterocycles. The van der Waals surface area contributed by atoms with Gasteiger partial charge < -0.3 is 60.9 Å². The monoisotopic (exact) mass is 1800 g/mol. The third-order valence-electron chi connectivity index (χ3n) is 27.5. The van der Waals surface area contributed by atoms with E-state index in [2.05, 4.69) is 152 Å². The van der Waals surface area contributed by atoms with Crippen molar-refractivity contribution in [2.24, 2.45) is 29.6 Å². The highest BCUT2D eigenvalue weighted by atomic mass is 16.5. The molecular weight excluding hydrogens is 1630 g/mol. The number of phenolic OH excluding ortho intramolecular Hbond substituents is 11. The van der Waals surface area contributed by atoms with E-state index in [0.717, 1.165) is 237 Å². The van der Waals surface area contributed by atoms with Crippen LogP contribution in [0.1, 0.15) is 354 Å². The van der Waals surface area contributed by atoms with Gasteiger partial charge in [0, 0.05) is 57.4 Å². The first-order valence-electron chi connectivity index (χ1n) is 49.1. The Bertz CT molecular complexity index is 5180. The number of methoxy groups -OCH3 is 1. The summed E-state index contributed by atoms with van der Waals surface area (Å²) in [6.45, 7) is 62.0. The Morgan fingerprint density at radius 1 is 0.288 bits per heavy atom. The van der Waals surface area contributed by atoms with Crippen molar-refractivity contribution in [3.63, 3.8) is 0 Å². The summed E-state index contributed by atoms with van der Waals surface area (Å²) in [5.74, 6) is 4.79. The van der Waals surface area contributed by atoms with Crippen LogP contribution in [0.4, 0.5) is 0 Å². The molecule has 0 amide bonds. The lowest BCUT2D eigenvalue weighted by Crippen LogP contribution is -2.17. The average molecular weight is 1800 g/mol. The van der Waals surface area contributed by atoms with E-state index in [9.17, 15) is 56.2 Å². The van der Waals surface area contributed by atoms with Gasteiger partial charge in [0.15, 0.2) is 0 Å². The minimum Gasteiger partial charge on any atom is -0.507 e. The van der Waals surface area contributed by atoms with Crippen molar-refractivity contribution in [1.82, 2.24) is 0 Å². The maximum absolute atomic E-state index is 10.8. The molecule has 0 heterocycles. The number of hydrogen-bond donors (Lipinski definition) is 11. The second-order valence-corrected chi connectivity index (χ2v) is 39.3.